The highest BCUT2D eigenvalue weighted by Crippen LogP contribution is 2.61. The molecule has 2 aromatic carbocycles. The summed E-state index contributed by atoms with van der Waals surface area (Å²) in [5.74, 6) is 3.40. The molecule has 0 amide bonds. The van der Waals surface area contributed by atoms with E-state index in [0.29, 0.717) is 23.7 Å². The van der Waals surface area contributed by atoms with Crippen molar-refractivity contribution in [3.8, 4) is 0 Å². The van der Waals surface area contributed by atoms with Crippen molar-refractivity contribution in [1.29, 1.82) is 0 Å². The summed E-state index contributed by atoms with van der Waals surface area (Å²) < 4.78 is 6.74. The lowest BCUT2D eigenvalue weighted by atomic mass is 9.51. The Morgan fingerprint density at radius 3 is 2.31 bits per heavy atom. The van der Waals surface area contributed by atoms with Crippen molar-refractivity contribution in [2.75, 3.05) is 0 Å². The summed E-state index contributed by atoms with van der Waals surface area (Å²) in [7, 11) is 0. The first-order valence-corrected chi connectivity index (χ1v) is 22.3. The van der Waals surface area contributed by atoms with E-state index in [4.69, 9.17) is 9.73 Å². The molecule has 0 spiro atoms. The number of ether oxygens (including phenoxy) is 1. The van der Waals surface area contributed by atoms with E-state index in [1.807, 2.05) is 0 Å². The molecule has 294 valence electrons. The Labute approximate surface area is 346 Å². The molecule has 1 N–H and O–H groups in total. The van der Waals surface area contributed by atoms with Crippen molar-refractivity contribution in [3.05, 3.63) is 202 Å². The van der Waals surface area contributed by atoms with Gasteiger partial charge in [0.25, 0.3) is 0 Å². The van der Waals surface area contributed by atoms with Gasteiger partial charge in [-0.1, -0.05) is 141 Å². The fourth-order valence-corrected chi connectivity index (χ4v) is 11.3. The van der Waals surface area contributed by atoms with Crippen molar-refractivity contribution in [2.45, 2.75) is 102 Å². The number of benzene rings is 2. The number of hydrogen-bond donors (Lipinski definition) is 1. The molecule has 8 atom stereocenters. The summed E-state index contributed by atoms with van der Waals surface area (Å²) in [5.41, 5.74) is 13.3. The van der Waals surface area contributed by atoms with Crippen LogP contribution in [0.25, 0.3) is 0 Å². The second-order valence-corrected chi connectivity index (χ2v) is 17.9. The fraction of sp³-hybridized carbons (Fsp3) is 0.364. The summed E-state index contributed by atoms with van der Waals surface area (Å²) in [6.07, 6.45) is 47.3. The Morgan fingerprint density at radius 1 is 0.724 bits per heavy atom. The number of nitrogens with one attached hydrogen (secondary N) is 1. The molecule has 3 heteroatoms. The molecule has 0 saturated carbocycles. The van der Waals surface area contributed by atoms with Gasteiger partial charge in [-0.3, -0.25) is 4.99 Å². The maximum Gasteiger partial charge on any atom is 0.145 e. The van der Waals surface area contributed by atoms with Gasteiger partial charge in [0.1, 0.15) is 18.0 Å². The molecule has 58 heavy (non-hydrogen) atoms. The number of rotatable bonds is 7. The Bertz CT molecular complexity index is 2300. The lowest BCUT2D eigenvalue weighted by Crippen LogP contribution is -2.51. The molecular formula is C55H58N2O. The van der Waals surface area contributed by atoms with Crippen molar-refractivity contribution in [2.24, 2.45) is 28.2 Å². The predicted octanol–water partition coefficient (Wildman–Crippen LogP) is 13.5. The zero-order valence-electron chi connectivity index (χ0n) is 34.3. The van der Waals surface area contributed by atoms with E-state index >= 15 is 0 Å². The SMILES string of the molecule is CC1=C(C2=CCC(c3ccc(C4C=CC(C5(C6=CCCC=C6)C6=CCCC=C6OC6C=CC=CC65)CC4)cc3)CC2)NC(c2ccccc2)N=C1C1=CCC(C)C=C1. The van der Waals surface area contributed by atoms with Gasteiger partial charge in [-0.15, -0.1) is 0 Å². The molecule has 6 aliphatic carbocycles. The maximum absolute atomic E-state index is 6.74. The van der Waals surface area contributed by atoms with Crippen LogP contribution in [-0.2, 0) is 4.74 Å². The normalized spacial score (nSPS) is 32.7. The second kappa shape index (κ2) is 15.9. The highest BCUT2D eigenvalue weighted by molar-refractivity contribution is 6.15. The van der Waals surface area contributed by atoms with E-state index in [1.54, 1.807) is 0 Å². The standard InChI is InChI=1S/C55H58N2O/c1-37-21-23-43(24-22-37)52-38(2)53(57-54(56-52)45-13-5-3-6-14-45)44-31-29-41(30-32-44)39-25-27-40(28-26-39)42-33-35-47(36-34-42)55(46-15-7-4-8-16-46)48-17-9-11-19-50(48)58-51-20-12-10-18-49(51)55/h3,5-7,9,11,13-21,23-28,31,33,35,37,41-42,47-48,50,54,57H,4,8,10,12,22,29-30,32,34,36H2,1-2H3. The second-order valence-electron chi connectivity index (χ2n) is 17.9. The predicted molar refractivity (Wildman–Crippen MR) is 240 cm³/mol. The molecule has 8 unspecified atom stereocenters. The molecule has 3 nitrogen and oxygen atoms in total. The van der Waals surface area contributed by atoms with Crippen molar-refractivity contribution in [1.82, 2.24) is 5.32 Å². The summed E-state index contributed by atoms with van der Waals surface area (Å²) in [5, 5.41) is 3.88. The molecule has 10 rings (SSSR count). The minimum absolute atomic E-state index is 0.0740. The van der Waals surface area contributed by atoms with Gasteiger partial charge in [0.05, 0.1) is 5.71 Å². The molecule has 8 aliphatic rings. The summed E-state index contributed by atoms with van der Waals surface area (Å²) in [6.45, 7) is 4.55. The van der Waals surface area contributed by atoms with Crippen molar-refractivity contribution < 1.29 is 4.74 Å². The molecule has 2 heterocycles. The highest BCUT2D eigenvalue weighted by Gasteiger charge is 2.56. The first-order chi connectivity index (χ1) is 28.6. The Hall–Kier alpha value is -5.15. The monoisotopic (exact) mass is 762 g/mol. The summed E-state index contributed by atoms with van der Waals surface area (Å²) >= 11 is 0. The van der Waals surface area contributed by atoms with Crippen molar-refractivity contribution >= 4 is 5.71 Å². The Kier molecular flexibility index (Phi) is 10.2. The van der Waals surface area contributed by atoms with Gasteiger partial charge >= 0.3 is 0 Å². The lowest BCUT2D eigenvalue weighted by Gasteiger charge is -2.55. The highest BCUT2D eigenvalue weighted by atomic mass is 16.5. The summed E-state index contributed by atoms with van der Waals surface area (Å²) in [6, 6.07) is 20.5. The molecule has 2 aliphatic heterocycles. The van der Waals surface area contributed by atoms with E-state index in [-0.39, 0.29) is 23.6 Å². The largest absolute Gasteiger partial charge is 0.486 e. The molecule has 0 aromatic heterocycles. The van der Waals surface area contributed by atoms with Crippen LogP contribution >= 0.6 is 0 Å². The molecule has 0 radical (unpaired) electrons. The summed E-state index contributed by atoms with van der Waals surface area (Å²) in [4.78, 5) is 5.30. The van der Waals surface area contributed by atoms with Crippen LogP contribution in [0.5, 0.6) is 0 Å². The number of fused-ring (bicyclic) bond motifs is 2. The van der Waals surface area contributed by atoms with Gasteiger partial charge in [0.2, 0.25) is 0 Å². The quantitative estimate of drug-likeness (QED) is 0.285. The minimum atomic E-state index is -0.104. The van der Waals surface area contributed by atoms with E-state index in [2.05, 4.69) is 165 Å². The van der Waals surface area contributed by atoms with Crippen LogP contribution in [0.2, 0.25) is 0 Å². The van der Waals surface area contributed by atoms with Crippen LogP contribution in [-0.4, -0.2) is 11.8 Å². The zero-order chi connectivity index (χ0) is 39.1. The smallest absolute Gasteiger partial charge is 0.145 e. The minimum Gasteiger partial charge on any atom is -0.486 e. The van der Waals surface area contributed by atoms with E-state index in [9.17, 15) is 0 Å². The molecule has 0 bridgehead atoms. The zero-order valence-corrected chi connectivity index (χ0v) is 34.3. The third kappa shape index (κ3) is 6.75. The molecule has 1 saturated heterocycles. The van der Waals surface area contributed by atoms with E-state index in [1.165, 1.54) is 63.1 Å². The lowest BCUT2D eigenvalue weighted by molar-refractivity contribution is 0.0183. The number of nitrogens with zero attached hydrogens (tertiary/aromatic N) is 1. The van der Waals surface area contributed by atoms with Crippen molar-refractivity contribution in [3.63, 3.8) is 0 Å². The third-order valence-corrected chi connectivity index (χ3v) is 14.4. The van der Waals surface area contributed by atoms with Crippen LogP contribution in [0, 0.1) is 23.2 Å². The van der Waals surface area contributed by atoms with Gasteiger partial charge in [-0.2, -0.15) is 0 Å². The van der Waals surface area contributed by atoms with Crippen LogP contribution in [0.3, 0.4) is 0 Å². The molecule has 1 fully saturated rings. The first-order valence-electron chi connectivity index (χ1n) is 22.3. The van der Waals surface area contributed by atoms with E-state index < -0.39 is 0 Å². The van der Waals surface area contributed by atoms with Gasteiger partial charge in [-0.05, 0) is 140 Å². The number of allylic oxidation sites excluding steroid dienone is 18. The van der Waals surface area contributed by atoms with Crippen LogP contribution in [0.1, 0.15) is 113 Å². The van der Waals surface area contributed by atoms with Gasteiger partial charge in [-0.25, -0.2) is 0 Å². The third-order valence-electron chi connectivity index (χ3n) is 14.4. The topological polar surface area (TPSA) is 33.6 Å². The number of hydrogen-bond acceptors (Lipinski definition) is 3. The van der Waals surface area contributed by atoms with Gasteiger partial charge in [0, 0.05) is 28.5 Å². The average Bonchev–Trinajstić information content (AvgIpc) is 3.29. The van der Waals surface area contributed by atoms with Crippen LogP contribution < -0.4 is 5.32 Å². The maximum atomic E-state index is 6.74. The van der Waals surface area contributed by atoms with E-state index in [0.717, 1.165) is 62.8 Å². The Balaban J connectivity index is 0.870. The fourth-order valence-electron chi connectivity index (χ4n) is 11.3. The van der Waals surface area contributed by atoms with Crippen LogP contribution in [0.4, 0.5) is 0 Å². The van der Waals surface area contributed by atoms with Gasteiger partial charge < -0.3 is 10.1 Å². The Morgan fingerprint density at radius 2 is 1.55 bits per heavy atom. The average molecular weight is 763 g/mol. The van der Waals surface area contributed by atoms with Crippen LogP contribution in [0.15, 0.2) is 190 Å². The van der Waals surface area contributed by atoms with Gasteiger partial charge in [0.15, 0.2) is 0 Å². The molecule has 2 aromatic rings. The number of aliphatic imine (C=N–C) groups is 1. The first kappa shape index (κ1) is 37.1. The molecular weight excluding hydrogens is 705 g/mol.